The molecule has 5 heteroatoms. The zero-order chi connectivity index (χ0) is 13.1. The maximum atomic E-state index is 10.8. The molecule has 0 spiro atoms. The van der Waals surface area contributed by atoms with Gasteiger partial charge in [-0.1, -0.05) is 36.4 Å². The Bertz CT molecular complexity index is 567. The van der Waals surface area contributed by atoms with Crippen LogP contribution in [0.1, 0.15) is 10.4 Å². The molecule has 18 heavy (non-hydrogen) atoms. The van der Waals surface area contributed by atoms with Gasteiger partial charge in [-0.25, -0.2) is 0 Å². The van der Waals surface area contributed by atoms with Crippen molar-refractivity contribution < 1.29 is 14.8 Å². The fraction of sp³-hybridized carbons (Fsp3) is 0. The van der Waals surface area contributed by atoms with Crippen molar-refractivity contribution in [3.8, 4) is 11.1 Å². The van der Waals surface area contributed by atoms with E-state index in [4.69, 9.17) is 15.8 Å². The van der Waals surface area contributed by atoms with Crippen LogP contribution >= 0.6 is 0 Å². The highest BCUT2D eigenvalue weighted by molar-refractivity contribution is 6.58. The summed E-state index contributed by atoms with van der Waals surface area (Å²) < 4.78 is 0. The molecule has 0 aliphatic rings. The summed E-state index contributed by atoms with van der Waals surface area (Å²) in [6, 6.07) is 13.5. The van der Waals surface area contributed by atoms with Crippen LogP contribution < -0.4 is 11.2 Å². The van der Waals surface area contributed by atoms with Gasteiger partial charge in [-0.15, -0.1) is 0 Å². The number of benzene rings is 2. The molecule has 0 atom stereocenters. The molecule has 2 rings (SSSR count). The highest BCUT2D eigenvalue weighted by Gasteiger charge is 2.11. The highest BCUT2D eigenvalue weighted by atomic mass is 16.4. The van der Waals surface area contributed by atoms with Crippen LogP contribution in [-0.2, 0) is 0 Å². The Hall–Kier alpha value is -2.11. The molecule has 0 aromatic heterocycles. The number of amides is 1. The number of hydrogen-bond acceptors (Lipinski definition) is 3. The number of carbonyl (C=O) groups excluding carboxylic acids is 1. The summed E-state index contributed by atoms with van der Waals surface area (Å²) >= 11 is 0. The van der Waals surface area contributed by atoms with Crippen LogP contribution in [0, 0.1) is 0 Å². The normalized spacial score (nSPS) is 10.1. The molecule has 1 radical (unpaired) electrons. The molecule has 0 bridgehead atoms. The van der Waals surface area contributed by atoms with Gasteiger partial charge in [0.05, 0.1) is 0 Å². The first-order valence-corrected chi connectivity index (χ1v) is 5.40. The molecule has 0 aliphatic carbocycles. The van der Waals surface area contributed by atoms with Crippen molar-refractivity contribution in [1.82, 2.24) is 5.73 Å². The quantitative estimate of drug-likeness (QED) is 0.764. The van der Waals surface area contributed by atoms with Crippen molar-refractivity contribution >= 4 is 18.5 Å². The first kappa shape index (κ1) is 12.4. The van der Waals surface area contributed by atoms with Crippen LogP contribution in [0.15, 0.2) is 48.5 Å². The van der Waals surface area contributed by atoms with Gasteiger partial charge in [-0.05, 0) is 28.7 Å². The second-order valence-electron chi connectivity index (χ2n) is 3.91. The van der Waals surface area contributed by atoms with E-state index in [0.29, 0.717) is 11.0 Å². The molecule has 0 fully saturated rings. The highest BCUT2D eigenvalue weighted by Crippen LogP contribution is 2.18. The Labute approximate surface area is 105 Å². The molecule has 2 aromatic rings. The average molecular weight is 240 g/mol. The molecule has 3 N–H and O–H groups in total. The van der Waals surface area contributed by atoms with Crippen molar-refractivity contribution in [1.29, 1.82) is 0 Å². The van der Waals surface area contributed by atoms with Gasteiger partial charge >= 0.3 is 7.12 Å². The number of rotatable bonds is 3. The summed E-state index contributed by atoms with van der Waals surface area (Å²) in [6.45, 7) is 0. The lowest BCUT2D eigenvalue weighted by Gasteiger charge is -2.05. The first-order valence-electron chi connectivity index (χ1n) is 5.40. The van der Waals surface area contributed by atoms with Crippen molar-refractivity contribution in [3.63, 3.8) is 0 Å². The molecular weight excluding hydrogens is 229 g/mol. The van der Waals surface area contributed by atoms with Gasteiger partial charge in [0.25, 0.3) is 5.91 Å². The van der Waals surface area contributed by atoms with Gasteiger partial charge in [0.15, 0.2) is 0 Å². The Morgan fingerprint density at radius 1 is 1.00 bits per heavy atom. The SMILES string of the molecule is [NH]C(=O)c1ccc(-c2cccc(B(O)O)c2)cc1. The number of hydrogen-bond donors (Lipinski definition) is 2. The Kier molecular flexibility index (Phi) is 3.46. The molecule has 1 amide bonds. The lowest BCUT2D eigenvalue weighted by atomic mass is 9.79. The fourth-order valence-corrected chi connectivity index (χ4v) is 1.69. The van der Waals surface area contributed by atoms with E-state index in [0.717, 1.165) is 11.1 Å². The van der Waals surface area contributed by atoms with Crippen LogP contribution in [0.5, 0.6) is 0 Å². The smallest absolute Gasteiger partial charge is 0.423 e. The zero-order valence-corrected chi connectivity index (χ0v) is 9.50. The lowest BCUT2D eigenvalue weighted by molar-refractivity contribution is 0.0992. The van der Waals surface area contributed by atoms with Crippen LogP contribution in [-0.4, -0.2) is 23.1 Å². The summed E-state index contributed by atoms with van der Waals surface area (Å²) in [5, 5.41) is 18.2. The maximum Gasteiger partial charge on any atom is 0.488 e. The minimum Gasteiger partial charge on any atom is -0.423 e. The largest absolute Gasteiger partial charge is 0.488 e. The molecule has 4 nitrogen and oxygen atoms in total. The summed E-state index contributed by atoms with van der Waals surface area (Å²) in [5.41, 5.74) is 9.39. The Morgan fingerprint density at radius 2 is 1.67 bits per heavy atom. The lowest BCUT2D eigenvalue weighted by Crippen LogP contribution is -2.29. The third kappa shape index (κ3) is 2.59. The van der Waals surface area contributed by atoms with E-state index >= 15 is 0 Å². The van der Waals surface area contributed by atoms with Crippen molar-refractivity contribution in [2.24, 2.45) is 0 Å². The van der Waals surface area contributed by atoms with E-state index in [1.807, 2.05) is 6.07 Å². The Balaban J connectivity index is 2.36. The first-order chi connectivity index (χ1) is 8.58. The molecule has 0 saturated heterocycles. The molecule has 0 aliphatic heterocycles. The van der Waals surface area contributed by atoms with Crippen LogP contribution in [0.3, 0.4) is 0 Å². The van der Waals surface area contributed by atoms with Crippen molar-refractivity contribution in [3.05, 3.63) is 54.1 Å². The van der Waals surface area contributed by atoms with Crippen LogP contribution in [0.4, 0.5) is 0 Å². The minimum absolute atomic E-state index is 0.331. The predicted molar refractivity (Wildman–Crippen MR) is 69.1 cm³/mol. The van der Waals surface area contributed by atoms with Crippen LogP contribution in [0.2, 0.25) is 0 Å². The van der Waals surface area contributed by atoms with Gasteiger partial charge in [0.1, 0.15) is 0 Å². The number of carbonyl (C=O) groups is 1. The van der Waals surface area contributed by atoms with Crippen molar-refractivity contribution in [2.75, 3.05) is 0 Å². The monoisotopic (exact) mass is 240 g/mol. The van der Waals surface area contributed by atoms with E-state index in [2.05, 4.69) is 0 Å². The van der Waals surface area contributed by atoms with Crippen molar-refractivity contribution in [2.45, 2.75) is 0 Å². The molecule has 0 heterocycles. The Morgan fingerprint density at radius 3 is 2.22 bits per heavy atom. The van der Waals surface area contributed by atoms with Gasteiger partial charge in [-0.2, -0.15) is 0 Å². The molecule has 2 aromatic carbocycles. The summed E-state index contributed by atoms with van der Waals surface area (Å²) in [4.78, 5) is 10.8. The second kappa shape index (κ2) is 5.04. The second-order valence-corrected chi connectivity index (χ2v) is 3.91. The summed E-state index contributed by atoms with van der Waals surface area (Å²) in [7, 11) is -1.50. The zero-order valence-electron chi connectivity index (χ0n) is 9.50. The fourth-order valence-electron chi connectivity index (χ4n) is 1.69. The molecule has 0 saturated carbocycles. The van der Waals surface area contributed by atoms with Crippen LogP contribution in [0.25, 0.3) is 11.1 Å². The average Bonchev–Trinajstić information content (AvgIpc) is 2.39. The van der Waals surface area contributed by atoms with Gasteiger partial charge in [-0.3, -0.25) is 10.5 Å². The maximum absolute atomic E-state index is 10.8. The summed E-state index contributed by atoms with van der Waals surface area (Å²) in [5.74, 6) is -0.721. The predicted octanol–water partition coefficient (Wildman–Crippen LogP) is 0.457. The van der Waals surface area contributed by atoms with E-state index < -0.39 is 13.0 Å². The van der Waals surface area contributed by atoms with Gasteiger partial charge < -0.3 is 10.0 Å². The molecule has 0 unspecified atom stereocenters. The van der Waals surface area contributed by atoms with Gasteiger partial charge in [0.2, 0.25) is 0 Å². The summed E-state index contributed by atoms with van der Waals surface area (Å²) in [6.07, 6.45) is 0. The van der Waals surface area contributed by atoms with Gasteiger partial charge in [0, 0.05) is 5.56 Å². The standard InChI is InChI=1S/C13H11BNO3/c15-13(16)10-6-4-9(5-7-10)11-2-1-3-12(8-11)14(17)18/h1-8,15,17-18H. The van der Waals surface area contributed by atoms with E-state index in [1.54, 1.807) is 42.5 Å². The molecule has 89 valence electrons. The third-order valence-corrected chi connectivity index (χ3v) is 2.67. The third-order valence-electron chi connectivity index (χ3n) is 2.67. The van der Waals surface area contributed by atoms with E-state index in [9.17, 15) is 4.79 Å². The molecular formula is C13H11BNO3. The topological polar surface area (TPSA) is 81.3 Å². The minimum atomic E-state index is -1.50. The number of nitrogens with one attached hydrogen (secondary N) is 1. The van der Waals surface area contributed by atoms with E-state index in [-0.39, 0.29) is 0 Å². The van der Waals surface area contributed by atoms with E-state index in [1.165, 1.54) is 0 Å².